The summed E-state index contributed by atoms with van der Waals surface area (Å²) in [5.41, 5.74) is -0.0422. The summed E-state index contributed by atoms with van der Waals surface area (Å²) in [5, 5.41) is 1.08. The summed E-state index contributed by atoms with van der Waals surface area (Å²) in [6, 6.07) is 1.31. The largest absolute Gasteiger partial charge is 0.299 e. The molecule has 2 saturated heterocycles. The molecule has 1 nitrogen and oxygen atoms in total. The van der Waals surface area contributed by atoms with Gasteiger partial charge in [0.1, 0.15) is 11.6 Å². The number of carbonyl (C=O) groups excluding carboxylic acids is 1. The van der Waals surface area contributed by atoms with Crippen molar-refractivity contribution in [2.75, 3.05) is 0 Å². The monoisotopic (exact) mass is 300 g/mol. The topological polar surface area (TPSA) is 17.1 Å². The number of carbonyl (C=O) groups is 1. The maximum Gasteiger partial charge on any atom is 0.161 e. The lowest BCUT2D eigenvalue weighted by molar-refractivity contribution is -0.122. The molecule has 2 atom stereocenters. The number of rotatable bonds is 3. The van der Waals surface area contributed by atoms with Crippen molar-refractivity contribution in [2.24, 2.45) is 5.92 Å². The van der Waals surface area contributed by atoms with Crippen LogP contribution in [0.25, 0.3) is 0 Å². The SMILES string of the molecule is O=C(Cc1cc(F)c(F)cc1F)C1CC2CCC(C1)S2. The van der Waals surface area contributed by atoms with Gasteiger partial charge in [-0.15, -0.1) is 0 Å². The molecule has 20 heavy (non-hydrogen) atoms. The summed E-state index contributed by atoms with van der Waals surface area (Å²) in [7, 11) is 0. The Morgan fingerprint density at radius 1 is 1.05 bits per heavy atom. The molecule has 3 rings (SSSR count). The molecule has 0 amide bonds. The number of hydrogen-bond donors (Lipinski definition) is 0. The van der Waals surface area contributed by atoms with E-state index in [1.54, 1.807) is 0 Å². The quantitative estimate of drug-likeness (QED) is 0.788. The maximum absolute atomic E-state index is 13.6. The van der Waals surface area contributed by atoms with Gasteiger partial charge < -0.3 is 0 Å². The standard InChI is InChI=1S/C15H15F3OS/c16-12-7-14(18)13(17)5-8(12)6-15(19)9-3-10-1-2-11(4-9)20-10/h5,7,9-11H,1-4,6H2. The molecule has 0 aromatic heterocycles. The Bertz CT molecular complexity index is 534. The Labute approximate surface area is 119 Å². The smallest absolute Gasteiger partial charge is 0.161 e. The highest BCUT2D eigenvalue weighted by Crippen LogP contribution is 2.46. The summed E-state index contributed by atoms with van der Waals surface area (Å²) in [4.78, 5) is 12.2. The zero-order chi connectivity index (χ0) is 14.3. The van der Waals surface area contributed by atoms with Gasteiger partial charge in [0.15, 0.2) is 11.6 Å². The van der Waals surface area contributed by atoms with Gasteiger partial charge in [-0.2, -0.15) is 11.8 Å². The summed E-state index contributed by atoms with van der Waals surface area (Å²) in [6.07, 6.45) is 3.84. The minimum absolute atomic E-state index is 0.0422. The van der Waals surface area contributed by atoms with Gasteiger partial charge in [-0.25, -0.2) is 13.2 Å². The summed E-state index contributed by atoms with van der Waals surface area (Å²) < 4.78 is 39.6. The molecular formula is C15H15F3OS. The Balaban J connectivity index is 1.71. The molecule has 108 valence electrons. The van der Waals surface area contributed by atoms with Gasteiger partial charge in [0.05, 0.1) is 0 Å². The van der Waals surface area contributed by atoms with Crippen molar-refractivity contribution < 1.29 is 18.0 Å². The highest BCUT2D eigenvalue weighted by atomic mass is 32.2. The van der Waals surface area contributed by atoms with Crippen molar-refractivity contribution in [1.29, 1.82) is 0 Å². The molecule has 0 spiro atoms. The second-order valence-corrected chi connectivity index (χ2v) is 7.23. The van der Waals surface area contributed by atoms with Crippen LogP contribution < -0.4 is 0 Å². The van der Waals surface area contributed by atoms with Crippen LogP contribution in [0.15, 0.2) is 12.1 Å². The fourth-order valence-electron chi connectivity index (χ4n) is 3.15. The van der Waals surface area contributed by atoms with Gasteiger partial charge in [-0.05, 0) is 37.3 Å². The van der Waals surface area contributed by atoms with Crippen LogP contribution in [0.1, 0.15) is 31.2 Å². The Morgan fingerprint density at radius 2 is 1.65 bits per heavy atom. The third kappa shape index (κ3) is 2.73. The molecule has 2 bridgehead atoms. The molecule has 1 aromatic rings. The highest BCUT2D eigenvalue weighted by molar-refractivity contribution is 8.00. The van der Waals surface area contributed by atoms with E-state index < -0.39 is 17.5 Å². The van der Waals surface area contributed by atoms with Crippen LogP contribution in [0, 0.1) is 23.4 Å². The Kier molecular flexibility index (Phi) is 3.80. The third-order valence-corrected chi connectivity index (χ3v) is 5.83. The lowest BCUT2D eigenvalue weighted by atomic mass is 9.90. The number of Topliss-reactive ketones (excluding diaryl/α,β-unsaturated/α-hetero) is 1. The first-order chi connectivity index (χ1) is 9.52. The second kappa shape index (κ2) is 5.43. The number of benzene rings is 1. The number of fused-ring (bicyclic) bond motifs is 2. The van der Waals surface area contributed by atoms with Gasteiger partial charge in [0, 0.05) is 28.9 Å². The fourth-order valence-corrected chi connectivity index (χ4v) is 4.93. The van der Waals surface area contributed by atoms with Crippen LogP contribution in [-0.2, 0) is 11.2 Å². The van der Waals surface area contributed by atoms with Gasteiger partial charge in [-0.3, -0.25) is 4.79 Å². The summed E-state index contributed by atoms with van der Waals surface area (Å²) in [5.74, 6) is -3.27. The lowest BCUT2D eigenvalue weighted by Gasteiger charge is -2.26. The molecule has 5 heteroatoms. The highest BCUT2D eigenvalue weighted by Gasteiger charge is 2.37. The first-order valence-electron chi connectivity index (χ1n) is 6.84. The van der Waals surface area contributed by atoms with Gasteiger partial charge in [-0.1, -0.05) is 0 Å². The van der Waals surface area contributed by atoms with Crippen LogP contribution in [0.2, 0.25) is 0 Å². The van der Waals surface area contributed by atoms with Gasteiger partial charge in [0.25, 0.3) is 0 Å². The second-order valence-electron chi connectivity index (χ2n) is 5.63. The summed E-state index contributed by atoms with van der Waals surface area (Å²) in [6.45, 7) is 0. The molecule has 2 aliphatic rings. The molecule has 0 saturated carbocycles. The van der Waals surface area contributed by atoms with E-state index >= 15 is 0 Å². The number of halogens is 3. The molecule has 2 unspecified atom stereocenters. The van der Waals surface area contributed by atoms with Crippen molar-refractivity contribution in [1.82, 2.24) is 0 Å². The Hall–Kier alpha value is -0.970. The van der Waals surface area contributed by atoms with Crippen LogP contribution in [0.5, 0.6) is 0 Å². The van der Waals surface area contributed by atoms with Crippen molar-refractivity contribution in [2.45, 2.75) is 42.6 Å². The van der Waals surface area contributed by atoms with Gasteiger partial charge >= 0.3 is 0 Å². The Morgan fingerprint density at radius 3 is 2.30 bits per heavy atom. The van der Waals surface area contributed by atoms with Crippen LogP contribution in [0.4, 0.5) is 13.2 Å². The number of thioether (sulfide) groups is 1. The first-order valence-corrected chi connectivity index (χ1v) is 7.79. The van der Waals surface area contributed by atoms with E-state index in [0.717, 1.165) is 31.7 Å². The molecule has 0 N–H and O–H groups in total. The van der Waals surface area contributed by atoms with E-state index in [-0.39, 0.29) is 23.7 Å². The average Bonchev–Trinajstić information content (AvgIpc) is 2.74. The minimum Gasteiger partial charge on any atom is -0.299 e. The zero-order valence-electron chi connectivity index (χ0n) is 10.9. The van der Waals surface area contributed by atoms with E-state index in [2.05, 4.69) is 0 Å². The average molecular weight is 300 g/mol. The van der Waals surface area contributed by atoms with E-state index in [9.17, 15) is 18.0 Å². The third-order valence-electron chi connectivity index (χ3n) is 4.20. The van der Waals surface area contributed by atoms with E-state index in [4.69, 9.17) is 0 Å². The normalized spacial score (nSPS) is 28.6. The van der Waals surface area contributed by atoms with Crippen molar-refractivity contribution in [3.05, 3.63) is 35.1 Å². The minimum atomic E-state index is -1.22. The number of hydrogen-bond acceptors (Lipinski definition) is 2. The van der Waals surface area contributed by atoms with Gasteiger partial charge in [0.2, 0.25) is 0 Å². The fraction of sp³-hybridized carbons (Fsp3) is 0.533. The van der Waals surface area contributed by atoms with Crippen molar-refractivity contribution in [3.8, 4) is 0 Å². The molecule has 0 aliphatic carbocycles. The molecule has 1 aromatic carbocycles. The molecular weight excluding hydrogens is 285 g/mol. The van der Waals surface area contributed by atoms with E-state index in [1.165, 1.54) is 0 Å². The number of ketones is 1. The predicted octanol–water partition coefficient (Wildman–Crippen LogP) is 3.89. The van der Waals surface area contributed by atoms with Crippen LogP contribution >= 0.6 is 11.8 Å². The van der Waals surface area contributed by atoms with Crippen molar-refractivity contribution >= 4 is 17.5 Å². The van der Waals surface area contributed by atoms with E-state index in [0.29, 0.717) is 16.6 Å². The van der Waals surface area contributed by atoms with Crippen LogP contribution in [-0.4, -0.2) is 16.3 Å². The predicted molar refractivity (Wildman–Crippen MR) is 72.2 cm³/mol. The lowest BCUT2D eigenvalue weighted by Crippen LogP contribution is -2.26. The van der Waals surface area contributed by atoms with E-state index in [1.807, 2.05) is 11.8 Å². The maximum atomic E-state index is 13.6. The molecule has 0 radical (unpaired) electrons. The first kappa shape index (κ1) is 14.0. The zero-order valence-corrected chi connectivity index (χ0v) is 11.7. The summed E-state index contributed by atoms with van der Waals surface area (Å²) >= 11 is 1.95. The molecule has 2 fully saturated rings. The van der Waals surface area contributed by atoms with Crippen molar-refractivity contribution in [3.63, 3.8) is 0 Å². The molecule has 2 aliphatic heterocycles. The molecule has 2 heterocycles. The van der Waals surface area contributed by atoms with Crippen LogP contribution in [0.3, 0.4) is 0 Å².